The van der Waals surface area contributed by atoms with E-state index in [1.165, 1.54) is 0 Å². The molecule has 2 heterocycles. The molecule has 0 bridgehead atoms. The Morgan fingerprint density at radius 3 is 2.36 bits per heavy atom. The molecule has 1 amide bonds. The molecule has 1 aromatic rings. The highest BCUT2D eigenvalue weighted by Crippen LogP contribution is 2.47. The van der Waals surface area contributed by atoms with Gasteiger partial charge in [-0.1, -0.05) is 11.6 Å². The fourth-order valence-corrected chi connectivity index (χ4v) is 3.25. The number of halogens is 8. The van der Waals surface area contributed by atoms with Gasteiger partial charge in [0.25, 0.3) is 18.8 Å². The van der Waals surface area contributed by atoms with Crippen molar-refractivity contribution in [1.29, 1.82) is 0 Å². The predicted octanol–water partition coefficient (Wildman–Crippen LogP) is 3.24. The summed E-state index contributed by atoms with van der Waals surface area (Å²) in [6, 6.07) is 0. The first-order valence-electron chi connectivity index (χ1n) is 7.88. The summed E-state index contributed by atoms with van der Waals surface area (Å²) in [4.78, 5) is 12.4. The summed E-state index contributed by atoms with van der Waals surface area (Å²) >= 11 is 5.74. The zero-order valence-electron chi connectivity index (χ0n) is 13.7. The Morgan fingerprint density at radius 1 is 1.29 bits per heavy atom. The van der Waals surface area contributed by atoms with Crippen molar-refractivity contribution in [2.75, 3.05) is 0 Å². The van der Waals surface area contributed by atoms with Gasteiger partial charge in [0.2, 0.25) is 5.72 Å². The van der Waals surface area contributed by atoms with E-state index in [4.69, 9.17) is 11.6 Å². The van der Waals surface area contributed by atoms with E-state index in [1.807, 2.05) is 0 Å². The number of hydrazone groups is 1. The quantitative estimate of drug-likeness (QED) is 0.720. The summed E-state index contributed by atoms with van der Waals surface area (Å²) in [5.41, 5.74) is -6.04. The van der Waals surface area contributed by atoms with Crippen LogP contribution in [0.5, 0.6) is 0 Å². The number of alkyl halides is 7. The standard InChI is InChI=1S/C14H12ClF7N4O2/c15-8-9(5-1-2-5)25(24-10(8)14(20,21)22)4-7(27)26-13(28,12(18)19)3-6(23-26)11(16)17/h5,11-12,28H,1-4H2/t13-/m1/s1. The molecule has 2 aliphatic rings. The molecule has 1 N–H and O–H groups in total. The van der Waals surface area contributed by atoms with Gasteiger partial charge >= 0.3 is 6.18 Å². The molecule has 156 valence electrons. The lowest BCUT2D eigenvalue weighted by Gasteiger charge is -2.30. The maximum Gasteiger partial charge on any atom is 0.436 e. The van der Waals surface area contributed by atoms with Crippen LogP contribution >= 0.6 is 11.6 Å². The van der Waals surface area contributed by atoms with Crippen molar-refractivity contribution in [3.8, 4) is 0 Å². The third-order valence-electron chi connectivity index (χ3n) is 4.32. The SMILES string of the molecule is O=C(Cn1nc(C(F)(F)F)c(Cl)c1C1CC1)N1N=C(C(F)F)C[C@@]1(O)C(F)F. The van der Waals surface area contributed by atoms with Crippen molar-refractivity contribution in [2.45, 2.75) is 56.5 Å². The third-order valence-corrected chi connectivity index (χ3v) is 4.70. The third kappa shape index (κ3) is 3.56. The molecule has 0 radical (unpaired) electrons. The zero-order valence-corrected chi connectivity index (χ0v) is 14.5. The zero-order chi connectivity index (χ0) is 21.0. The fourth-order valence-electron chi connectivity index (χ4n) is 2.85. The molecule has 0 saturated heterocycles. The molecule has 28 heavy (non-hydrogen) atoms. The van der Waals surface area contributed by atoms with E-state index in [2.05, 4.69) is 10.2 Å². The number of carbonyl (C=O) groups is 1. The highest BCUT2D eigenvalue weighted by atomic mass is 35.5. The summed E-state index contributed by atoms with van der Waals surface area (Å²) in [6.45, 7) is -1.04. The largest absolute Gasteiger partial charge is 0.436 e. The Balaban J connectivity index is 1.94. The van der Waals surface area contributed by atoms with Crippen molar-refractivity contribution < 1.29 is 40.6 Å². The summed E-state index contributed by atoms with van der Waals surface area (Å²) in [5.74, 6) is -1.84. The number of aromatic nitrogens is 2. The fraction of sp³-hybridized carbons (Fsp3) is 0.643. The van der Waals surface area contributed by atoms with Gasteiger partial charge in [-0.2, -0.15) is 28.4 Å². The lowest BCUT2D eigenvalue weighted by molar-refractivity contribution is -0.192. The van der Waals surface area contributed by atoms with E-state index in [1.54, 1.807) is 0 Å². The highest BCUT2D eigenvalue weighted by Gasteiger charge is 2.53. The first kappa shape index (κ1) is 20.8. The highest BCUT2D eigenvalue weighted by molar-refractivity contribution is 6.32. The minimum Gasteiger partial charge on any atom is -0.364 e. The van der Waals surface area contributed by atoms with Crippen molar-refractivity contribution in [1.82, 2.24) is 14.8 Å². The number of rotatable bonds is 5. The predicted molar refractivity (Wildman–Crippen MR) is 80.1 cm³/mol. The van der Waals surface area contributed by atoms with Crippen molar-refractivity contribution in [3.63, 3.8) is 0 Å². The van der Waals surface area contributed by atoms with Gasteiger partial charge in [-0.15, -0.1) is 0 Å². The van der Waals surface area contributed by atoms with Gasteiger partial charge in [0.15, 0.2) is 5.69 Å². The topological polar surface area (TPSA) is 70.7 Å². The normalized spacial score (nSPS) is 23.1. The molecule has 1 aliphatic carbocycles. The Labute approximate surface area is 157 Å². The number of aliphatic hydroxyl groups is 1. The van der Waals surface area contributed by atoms with Crippen LogP contribution < -0.4 is 0 Å². The van der Waals surface area contributed by atoms with Gasteiger partial charge in [0.1, 0.15) is 12.3 Å². The molecule has 1 aromatic heterocycles. The van der Waals surface area contributed by atoms with Crippen LogP contribution in [0, 0.1) is 0 Å². The second-order valence-corrected chi connectivity index (χ2v) is 6.81. The molecular formula is C14H12ClF7N4O2. The summed E-state index contributed by atoms with van der Waals surface area (Å²) in [5, 5.41) is 15.3. The van der Waals surface area contributed by atoms with Crippen molar-refractivity contribution >= 4 is 23.2 Å². The molecule has 1 fully saturated rings. The van der Waals surface area contributed by atoms with Crippen molar-refractivity contribution in [3.05, 3.63) is 16.4 Å². The molecule has 6 nitrogen and oxygen atoms in total. The Kier molecular flexibility index (Phi) is 5.11. The number of amides is 1. The average Bonchev–Trinajstić information content (AvgIpc) is 3.23. The van der Waals surface area contributed by atoms with E-state index >= 15 is 0 Å². The molecular weight excluding hydrogens is 425 g/mol. The minimum absolute atomic E-state index is 0.111. The summed E-state index contributed by atoms with van der Waals surface area (Å²) in [6.07, 6.45) is -12.2. The second kappa shape index (κ2) is 6.87. The Hall–Kier alpha value is -1.89. The van der Waals surface area contributed by atoms with Crippen LogP contribution in [0.15, 0.2) is 5.10 Å². The van der Waals surface area contributed by atoms with Gasteiger partial charge in [-0.25, -0.2) is 17.6 Å². The molecule has 14 heteroatoms. The van der Waals surface area contributed by atoms with E-state index in [0.717, 1.165) is 0 Å². The van der Waals surface area contributed by atoms with E-state index in [0.29, 0.717) is 17.5 Å². The van der Waals surface area contributed by atoms with Gasteiger partial charge < -0.3 is 5.11 Å². The number of hydrogen-bond donors (Lipinski definition) is 1. The van der Waals surface area contributed by atoms with Crippen LogP contribution in [-0.2, 0) is 17.5 Å². The molecule has 0 unspecified atom stereocenters. The maximum atomic E-state index is 13.2. The number of carbonyl (C=O) groups excluding carboxylic acids is 1. The van der Waals surface area contributed by atoms with Gasteiger partial charge in [0, 0.05) is 12.3 Å². The van der Waals surface area contributed by atoms with Crippen molar-refractivity contribution in [2.24, 2.45) is 5.10 Å². The van der Waals surface area contributed by atoms with Crippen LogP contribution in [-0.4, -0.2) is 50.1 Å². The van der Waals surface area contributed by atoms with E-state index in [9.17, 15) is 40.6 Å². The van der Waals surface area contributed by atoms with Gasteiger partial charge in [0.05, 0.1) is 10.7 Å². The number of nitrogens with zero attached hydrogens (tertiary/aromatic N) is 4. The molecule has 0 aromatic carbocycles. The Morgan fingerprint density at radius 2 is 1.89 bits per heavy atom. The summed E-state index contributed by atoms with van der Waals surface area (Å²) in [7, 11) is 0. The van der Waals surface area contributed by atoms with Crippen LogP contribution in [0.2, 0.25) is 5.02 Å². The van der Waals surface area contributed by atoms with Crippen LogP contribution in [0.1, 0.15) is 36.6 Å². The van der Waals surface area contributed by atoms with Crippen LogP contribution in [0.25, 0.3) is 0 Å². The molecule has 1 aliphatic heterocycles. The number of hydrogen-bond acceptors (Lipinski definition) is 4. The smallest absolute Gasteiger partial charge is 0.364 e. The molecule has 0 spiro atoms. The second-order valence-electron chi connectivity index (χ2n) is 6.43. The Bertz CT molecular complexity index is 821. The molecule has 3 rings (SSSR count). The lowest BCUT2D eigenvalue weighted by Crippen LogP contribution is -2.52. The first-order chi connectivity index (χ1) is 12.9. The lowest BCUT2D eigenvalue weighted by atomic mass is 10.1. The van der Waals surface area contributed by atoms with Gasteiger partial charge in [-0.05, 0) is 12.8 Å². The first-order valence-corrected chi connectivity index (χ1v) is 8.26. The average molecular weight is 437 g/mol. The summed E-state index contributed by atoms with van der Waals surface area (Å²) < 4.78 is 91.7. The van der Waals surface area contributed by atoms with E-state index in [-0.39, 0.29) is 10.7 Å². The molecule has 1 atom stereocenters. The van der Waals surface area contributed by atoms with Crippen LogP contribution in [0.4, 0.5) is 30.7 Å². The monoisotopic (exact) mass is 436 g/mol. The van der Waals surface area contributed by atoms with Gasteiger partial charge in [-0.3, -0.25) is 9.48 Å². The molecule has 1 saturated carbocycles. The minimum atomic E-state index is -4.92. The maximum absolute atomic E-state index is 13.2. The van der Waals surface area contributed by atoms with E-state index < -0.39 is 66.0 Å². The van der Waals surface area contributed by atoms with Crippen LogP contribution in [0.3, 0.4) is 0 Å².